The summed E-state index contributed by atoms with van der Waals surface area (Å²) in [6, 6.07) is 8.54. The summed E-state index contributed by atoms with van der Waals surface area (Å²) in [5.74, 6) is -0.959. The molecule has 3 N–H and O–H groups in total. The zero-order valence-electron chi connectivity index (χ0n) is 7.31. The molecule has 13 heavy (non-hydrogen) atoms. The second kappa shape index (κ2) is 5.25. The van der Waals surface area contributed by atoms with E-state index >= 15 is 0 Å². The molecule has 1 atom stereocenters. The monoisotopic (exact) mass is 169 g/mol. The van der Waals surface area contributed by atoms with Crippen LogP contribution in [0.4, 0.5) is 0 Å². The van der Waals surface area contributed by atoms with Gasteiger partial charge in [-0.05, 0) is 12.0 Å². The van der Waals surface area contributed by atoms with Gasteiger partial charge in [0.05, 0.1) is 0 Å². The second-order valence-corrected chi connectivity index (χ2v) is 2.63. The fraction of sp³-hybridized carbons (Fsp3) is 0.222. The Balaban J connectivity index is 0.00000144. The predicted molar refractivity (Wildman–Crippen MR) is 45.8 cm³/mol. The zero-order valence-corrected chi connectivity index (χ0v) is 7.31. The molecule has 0 aromatic heterocycles. The second-order valence-electron chi connectivity index (χ2n) is 2.63. The van der Waals surface area contributed by atoms with Crippen LogP contribution in [-0.4, -0.2) is 17.1 Å². The molecule has 0 amide bonds. The van der Waals surface area contributed by atoms with Gasteiger partial charge in [0.2, 0.25) is 0 Å². The number of carboxylic acids is 1. The summed E-state index contributed by atoms with van der Waals surface area (Å²) in [7, 11) is 0. The molecule has 0 unspecified atom stereocenters. The van der Waals surface area contributed by atoms with E-state index in [2.05, 4.69) is 0 Å². The Bertz CT molecular complexity index is 264. The van der Waals surface area contributed by atoms with Crippen LogP contribution in [0.15, 0.2) is 30.3 Å². The van der Waals surface area contributed by atoms with Gasteiger partial charge in [-0.25, -0.2) is 0 Å². The van der Waals surface area contributed by atoms with Crippen molar-refractivity contribution in [1.82, 2.24) is 0 Å². The Morgan fingerprint density at radius 1 is 1.38 bits per heavy atom. The Hall–Kier alpha value is -1.44. The topological polar surface area (TPSA) is 63.3 Å². The molecule has 66 valence electrons. The van der Waals surface area contributed by atoms with Gasteiger partial charge < -0.3 is 10.8 Å². The van der Waals surface area contributed by atoms with Gasteiger partial charge in [0, 0.05) is 6.15 Å². The molecule has 0 bridgehead atoms. The zero-order chi connectivity index (χ0) is 8.97. The minimum Gasteiger partial charge on any atom is -0.480 e. The van der Waals surface area contributed by atoms with Crippen molar-refractivity contribution in [3.8, 4) is 0 Å². The number of carboxylic acid groups (broad SMARTS) is 1. The van der Waals surface area contributed by atoms with Gasteiger partial charge >= 0.3 is 5.97 Å². The van der Waals surface area contributed by atoms with Crippen LogP contribution in [0, 0.1) is 6.15 Å². The standard InChI is InChI=1S/C9H11NO2.He/c10-8(9(11)12)6-7-4-2-1-3-5-7;/h1-5,8H,6,10H2,(H,11,12);/t8-;/m0./s1. The molecule has 0 radical (unpaired) electrons. The molecule has 0 aliphatic rings. The molecule has 1 aromatic carbocycles. The van der Waals surface area contributed by atoms with Gasteiger partial charge in [0.15, 0.2) is 0 Å². The maximum atomic E-state index is 10.4. The molecule has 1 aromatic rings. The van der Waals surface area contributed by atoms with Crippen LogP contribution < -0.4 is 5.73 Å². The van der Waals surface area contributed by atoms with Crippen molar-refractivity contribution in [3.05, 3.63) is 35.9 Å². The summed E-state index contributed by atoms with van der Waals surface area (Å²) in [6.45, 7) is 0. The first-order valence-electron chi connectivity index (χ1n) is 3.72. The summed E-state index contributed by atoms with van der Waals surface area (Å²) < 4.78 is 0. The van der Waals surface area contributed by atoms with Crippen LogP contribution in [0.25, 0.3) is 0 Å². The SMILES string of the molecule is N[C@@H](Cc1ccccc1)C(=O)O.[He]. The Morgan fingerprint density at radius 2 is 1.92 bits per heavy atom. The molecule has 0 saturated carbocycles. The molecule has 3 nitrogen and oxygen atoms in total. The largest absolute Gasteiger partial charge is 0.480 e. The van der Waals surface area contributed by atoms with Crippen molar-refractivity contribution in [2.45, 2.75) is 12.5 Å². The number of hydrogen-bond acceptors (Lipinski definition) is 2. The Morgan fingerprint density at radius 3 is 2.38 bits per heavy atom. The molecule has 0 aliphatic heterocycles. The first kappa shape index (κ1) is 11.6. The Kier molecular flexibility index (Phi) is 4.67. The number of benzene rings is 1. The van der Waals surface area contributed by atoms with E-state index in [4.69, 9.17) is 10.8 Å². The molecule has 0 spiro atoms. The van der Waals surface area contributed by atoms with Crippen molar-refractivity contribution in [1.29, 1.82) is 0 Å². The van der Waals surface area contributed by atoms with Crippen molar-refractivity contribution in [3.63, 3.8) is 0 Å². The van der Waals surface area contributed by atoms with Crippen LogP contribution in [0.1, 0.15) is 5.56 Å². The molecule has 0 saturated heterocycles. The van der Waals surface area contributed by atoms with E-state index in [1.165, 1.54) is 0 Å². The van der Waals surface area contributed by atoms with Crippen LogP contribution in [0.3, 0.4) is 0 Å². The molecule has 4 heteroatoms. The van der Waals surface area contributed by atoms with E-state index in [-0.39, 0.29) is 6.15 Å². The first-order valence-corrected chi connectivity index (χ1v) is 3.72. The number of aliphatic carboxylic acids is 1. The van der Waals surface area contributed by atoms with E-state index < -0.39 is 12.0 Å². The molecule has 0 fully saturated rings. The van der Waals surface area contributed by atoms with Crippen molar-refractivity contribution in [2.24, 2.45) is 5.73 Å². The van der Waals surface area contributed by atoms with Gasteiger partial charge in [-0.2, -0.15) is 0 Å². The summed E-state index contributed by atoms with van der Waals surface area (Å²) in [5.41, 5.74) is 6.30. The molecular weight excluding hydrogens is 158 g/mol. The van der Waals surface area contributed by atoms with Crippen LogP contribution in [0.2, 0.25) is 0 Å². The Labute approximate surface area is 77.0 Å². The molecule has 0 aliphatic carbocycles. The fourth-order valence-electron chi connectivity index (χ4n) is 0.955. The maximum absolute atomic E-state index is 10.4. The third kappa shape index (κ3) is 3.65. The normalized spacial score (nSPS) is 11.5. The minimum absolute atomic E-state index is 0. The van der Waals surface area contributed by atoms with Crippen LogP contribution >= 0.6 is 0 Å². The van der Waals surface area contributed by atoms with E-state index in [0.717, 1.165) is 5.56 Å². The van der Waals surface area contributed by atoms with Crippen LogP contribution in [0.5, 0.6) is 0 Å². The number of nitrogens with two attached hydrogens (primary N) is 1. The third-order valence-electron chi connectivity index (χ3n) is 1.62. The van der Waals surface area contributed by atoms with Crippen molar-refractivity contribution in [2.75, 3.05) is 0 Å². The van der Waals surface area contributed by atoms with E-state index in [1.807, 2.05) is 30.3 Å². The number of carbonyl (C=O) groups is 1. The summed E-state index contributed by atoms with van der Waals surface area (Å²) in [5, 5.41) is 8.52. The summed E-state index contributed by atoms with van der Waals surface area (Å²) in [6.07, 6.45) is 0.385. The van der Waals surface area contributed by atoms with Gasteiger partial charge in [0.25, 0.3) is 0 Å². The van der Waals surface area contributed by atoms with Crippen molar-refractivity contribution >= 4 is 5.97 Å². The molecule has 1 rings (SSSR count). The molecule has 0 heterocycles. The smallest absolute Gasteiger partial charge is 0.320 e. The number of hydrogen-bond donors (Lipinski definition) is 2. The third-order valence-corrected chi connectivity index (χ3v) is 1.62. The average Bonchev–Trinajstić information content (AvgIpc) is 2.06. The van der Waals surface area contributed by atoms with Gasteiger partial charge in [-0.3, -0.25) is 4.79 Å². The predicted octanol–water partition coefficient (Wildman–Crippen LogP) is 0.641. The van der Waals surface area contributed by atoms with Gasteiger partial charge in [-0.15, -0.1) is 0 Å². The van der Waals surface area contributed by atoms with Crippen LogP contribution in [-0.2, 0) is 11.2 Å². The van der Waals surface area contributed by atoms with Gasteiger partial charge in [-0.1, -0.05) is 30.3 Å². The first-order chi connectivity index (χ1) is 5.70. The fourth-order valence-corrected chi connectivity index (χ4v) is 0.955. The van der Waals surface area contributed by atoms with E-state index in [1.54, 1.807) is 0 Å². The average molecular weight is 169 g/mol. The quantitative estimate of drug-likeness (QED) is 0.698. The maximum Gasteiger partial charge on any atom is 0.320 e. The molecular formula is C9H11HeNO2. The van der Waals surface area contributed by atoms with E-state index in [0.29, 0.717) is 6.42 Å². The summed E-state index contributed by atoms with van der Waals surface area (Å²) >= 11 is 0. The van der Waals surface area contributed by atoms with E-state index in [9.17, 15) is 4.79 Å². The number of rotatable bonds is 3. The summed E-state index contributed by atoms with van der Waals surface area (Å²) in [4.78, 5) is 10.4. The van der Waals surface area contributed by atoms with Gasteiger partial charge in [0.1, 0.15) is 6.04 Å². The van der Waals surface area contributed by atoms with Crippen molar-refractivity contribution < 1.29 is 16.1 Å². The minimum atomic E-state index is -0.959.